The van der Waals surface area contributed by atoms with Crippen LogP contribution >= 0.6 is 15.9 Å². The molecule has 5 nitrogen and oxygen atoms in total. The van der Waals surface area contributed by atoms with Crippen LogP contribution in [-0.2, 0) is 0 Å². The molecule has 6 heteroatoms. The van der Waals surface area contributed by atoms with Crippen molar-refractivity contribution in [1.29, 1.82) is 0 Å². The molecule has 0 saturated carbocycles. The lowest BCUT2D eigenvalue weighted by Gasteiger charge is -2.10. The third-order valence-corrected chi connectivity index (χ3v) is 2.71. The Labute approximate surface area is 95.2 Å². The van der Waals surface area contributed by atoms with E-state index in [-0.39, 0.29) is 18.3 Å². The van der Waals surface area contributed by atoms with Gasteiger partial charge in [-0.3, -0.25) is 10.1 Å². The van der Waals surface area contributed by atoms with Crippen molar-refractivity contribution in [2.75, 3.05) is 6.61 Å². The van der Waals surface area contributed by atoms with Crippen LogP contribution in [0.1, 0.15) is 18.0 Å². The maximum Gasteiger partial charge on any atom is 0.283 e. The van der Waals surface area contributed by atoms with Crippen molar-refractivity contribution in [2.45, 2.75) is 12.5 Å². The molecule has 0 spiro atoms. The van der Waals surface area contributed by atoms with E-state index in [2.05, 4.69) is 15.9 Å². The summed E-state index contributed by atoms with van der Waals surface area (Å²) >= 11 is 3.09. The maximum absolute atomic E-state index is 10.6. The van der Waals surface area contributed by atoms with Gasteiger partial charge in [0, 0.05) is 18.7 Å². The predicted octanol–water partition coefficient (Wildman–Crippen LogP) is 1.74. The monoisotopic (exact) mass is 274 g/mol. The topological polar surface area (TPSA) is 89.4 Å². The molecule has 0 fully saturated rings. The number of hydrogen-bond donors (Lipinski definition) is 2. The highest BCUT2D eigenvalue weighted by molar-refractivity contribution is 9.10. The van der Waals surface area contributed by atoms with Crippen LogP contribution in [0.3, 0.4) is 0 Å². The number of nitrogens with zero attached hydrogens (tertiary/aromatic N) is 1. The van der Waals surface area contributed by atoms with Gasteiger partial charge in [-0.05, 0) is 34.0 Å². The maximum atomic E-state index is 10.6. The van der Waals surface area contributed by atoms with Gasteiger partial charge in [-0.2, -0.15) is 0 Å². The molecule has 0 aliphatic rings. The van der Waals surface area contributed by atoms with Crippen LogP contribution in [0.15, 0.2) is 22.7 Å². The molecular weight excluding hydrogens is 264 g/mol. The lowest BCUT2D eigenvalue weighted by atomic mass is 10.0. The van der Waals surface area contributed by atoms with Crippen molar-refractivity contribution in [3.8, 4) is 0 Å². The second-order valence-corrected chi connectivity index (χ2v) is 3.94. The number of nitrogens with two attached hydrogens (primary N) is 1. The summed E-state index contributed by atoms with van der Waals surface area (Å²) in [6, 6.07) is 4.34. The minimum atomic E-state index is -0.473. The summed E-state index contributed by atoms with van der Waals surface area (Å²) in [5, 5.41) is 19.3. The number of hydrogen-bond acceptors (Lipinski definition) is 4. The van der Waals surface area contributed by atoms with E-state index < -0.39 is 4.92 Å². The van der Waals surface area contributed by atoms with Gasteiger partial charge >= 0.3 is 0 Å². The molecule has 0 heterocycles. The molecule has 1 aromatic rings. The fourth-order valence-corrected chi connectivity index (χ4v) is 1.60. The van der Waals surface area contributed by atoms with Crippen molar-refractivity contribution < 1.29 is 10.0 Å². The lowest BCUT2D eigenvalue weighted by molar-refractivity contribution is -0.385. The Hall–Kier alpha value is -0.980. The van der Waals surface area contributed by atoms with E-state index in [1.807, 2.05) is 0 Å². The first kappa shape index (κ1) is 12.1. The second-order valence-electron chi connectivity index (χ2n) is 3.09. The summed E-state index contributed by atoms with van der Waals surface area (Å²) in [7, 11) is 0. The zero-order valence-corrected chi connectivity index (χ0v) is 9.48. The summed E-state index contributed by atoms with van der Waals surface area (Å²) in [6.45, 7) is -0.0367. The number of benzene rings is 1. The molecule has 0 radical (unpaired) electrons. The summed E-state index contributed by atoms with van der Waals surface area (Å²) in [4.78, 5) is 10.2. The van der Waals surface area contributed by atoms with Crippen molar-refractivity contribution in [2.24, 2.45) is 5.73 Å². The van der Waals surface area contributed by atoms with Crippen LogP contribution < -0.4 is 5.73 Å². The highest BCUT2D eigenvalue weighted by Crippen LogP contribution is 2.28. The first-order chi connectivity index (χ1) is 7.06. The Kier molecular flexibility index (Phi) is 4.19. The van der Waals surface area contributed by atoms with Gasteiger partial charge in [0.05, 0.1) is 9.40 Å². The van der Waals surface area contributed by atoms with Gasteiger partial charge in [-0.15, -0.1) is 0 Å². The summed E-state index contributed by atoms with van der Waals surface area (Å²) in [6.07, 6.45) is 0.388. The third-order valence-electron chi connectivity index (χ3n) is 2.04. The first-order valence-corrected chi connectivity index (χ1v) is 5.16. The Morgan fingerprint density at radius 3 is 2.80 bits per heavy atom. The summed E-state index contributed by atoms with van der Waals surface area (Å²) in [5.74, 6) is 0. The molecule has 0 aliphatic carbocycles. The lowest BCUT2D eigenvalue weighted by Crippen LogP contribution is -2.12. The molecule has 0 aliphatic heterocycles. The molecule has 82 valence electrons. The Balaban J connectivity index is 3.02. The van der Waals surface area contributed by atoms with Crippen LogP contribution in [0.2, 0.25) is 0 Å². The predicted molar refractivity (Wildman–Crippen MR) is 59.4 cm³/mol. The van der Waals surface area contributed by atoms with Crippen molar-refractivity contribution in [3.05, 3.63) is 38.3 Å². The van der Waals surface area contributed by atoms with E-state index in [9.17, 15) is 10.1 Å². The number of nitro groups is 1. The minimum absolute atomic E-state index is 0.0131. The number of halogens is 1. The molecule has 0 amide bonds. The molecule has 0 unspecified atom stereocenters. The summed E-state index contributed by atoms with van der Waals surface area (Å²) < 4.78 is 0.424. The summed E-state index contributed by atoms with van der Waals surface area (Å²) in [5.41, 5.74) is 6.37. The van der Waals surface area contributed by atoms with Crippen LogP contribution in [0.4, 0.5) is 5.69 Å². The fourth-order valence-electron chi connectivity index (χ4n) is 1.21. The average molecular weight is 275 g/mol. The van der Waals surface area contributed by atoms with Gasteiger partial charge < -0.3 is 10.8 Å². The molecule has 0 saturated heterocycles. The molecule has 1 atom stereocenters. The smallest absolute Gasteiger partial charge is 0.283 e. The SMILES string of the molecule is N[C@H](CCO)c1ccc(Br)c([N+](=O)[O-])c1. The second kappa shape index (κ2) is 5.20. The zero-order chi connectivity index (χ0) is 11.4. The van der Waals surface area contributed by atoms with Crippen LogP contribution in [0.25, 0.3) is 0 Å². The Morgan fingerprint density at radius 1 is 1.60 bits per heavy atom. The average Bonchev–Trinajstić information content (AvgIpc) is 2.18. The van der Waals surface area contributed by atoms with Crippen molar-refractivity contribution in [3.63, 3.8) is 0 Å². The molecule has 0 bridgehead atoms. The van der Waals surface area contributed by atoms with E-state index in [0.717, 1.165) is 0 Å². The van der Waals surface area contributed by atoms with Gasteiger partial charge in [0.25, 0.3) is 5.69 Å². The molecule has 15 heavy (non-hydrogen) atoms. The first-order valence-electron chi connectivity index (χ1n) is 4.36. The van der Waals surface area contributed by atoms with Gasteiger partial charge in [0.1, 0.15) is 0 Å². The van der Waals surface area contributed by atoms with Gasteiger partial charge in [0.2, 0.25) is 0 Å². The number of aliphatic hydroxyl groups is 1. The zero-order valence-electron chi connectivity index (χ0n) is 7.89. The van der Waals surface area contributed by atoms with Gasteiger partial charge in [0.15, 0.2) is 0 Å². The fraction of sp³-hybridized carbons (Fsp3) is 0.333. The molecule has 1 aromatic carbocycles. The van der Waals surface area contributed by atoms with E-state index in [4.69, 9.17) is 10.8 Å². The number of aliphatic hydroxyl groups excluding tert-OH is 1. The highest BCUT2D eigenvalue weighted by Gasteiger charge is 2.15. The Morgan fingerprint density at radius 2 is 2.27 bits per heavy atom. The van der Waals surface area contributed by atoms with E-state index in [0.29, 0.717) is 16.5 Å². The van der Waals surface area contributed by atoms with Gasteiger partial charge in [-0.1, -0.05) is 6.07 Å². The standard InChI is InChI=1S/C9H11BrN2O3/c10-7-2-1-6(8(11)3-4-13)5-9(7)12(14)15/h1-2,5,8,13H,3-4,11H2/t8-/m1/s1. The third kappa shape index (κ3) is 2.98. The molecule has 3 N–H and O–H groups in total. The molecular formula is C9H11BrN2O3. The highest BCUT2D eigenvalue weighted by atomic mass is 79.9. The normalized spacial score (nSPS) is 12.5. The number of nitro benzene ring substituents is 1. The van der Waals surface area contributed by atoms with Crippen LogP contribution in [0.5, 0.6) is 0 Å². The number of rotatable bonds is 4. The Bertz CT molecular complexity index is 370. The van der Waals surface area contributed by atoms with E-state index in [1.54, 1.807) is 12.1 Å². The molecule has 1 rings (SSSR count). The minimum Gasteiger partial charge on any atom is -0.396 e. The molecule has 0 aromatic heterocycles. The van der Waals surface area contributed by atoms with Crippen molar-refractivity contribution >= 4 is 21.6 Å². The van der Waals surface area contributed by atoms with Crippen LogP contribution in [0, 0.1) is 10.1 Å². The van der Waals surface area contributed by atoms with Crippen molar-refractivity contribution in [1.82, 2.24) is 0 Å². The van der Waals surface area contributed by atoms with E-state index >= 15 is 0 Å². The van der Waals surface area contributed by atoms with Gasteiger partial charge in [-0.25, -0.2) is 0 Å². The van der Waals surface area contributed by atoms with Crippen LogP contribution in [-0.4, -0.2) is 16.6 Å². The quantitative estimate of drug-likeness (QED) is 0.647. The largest absolute Gasteiger partial charge is 0.396 e. The van der Waals surface area contributed by atoms with E-state index in [1.165, 1.54) is 6.07 Å².